The molecule has 0 saturated heterocycles. The molecule has 0 aromatic heterocycles. The first-order valence-electron chi connectivity index (χ1n) is 7.73. The molecule has 1 aliphatic carbocycles. The number of esters is 1. The van der Waals surface area contributed by atoms with Crippen LogP contribution in [0.1, 0.15) is 38.5 Å². The second kappa shape index (κ2) is 7.91. The molecular weight excluding hydrogens is 266 g/mol. The minimum atomic E-state index is -0.278. The second-order valence-electron chi connectivity index (χ2n) is 5.63. The summed E-state index contributed by atoms with van der Waals surface area (Å²) in [7, 11) is 3.10. The Kier molecular flexibility index (Phi) is 5.90. The lowest BCUT2D eigenvalue weighted by atomic mass is 9.91. The van der Waals surface area contributed by atoms with Crippen LogP contribution in [-0.2, 0) is 9.53 Å². The summed E-state index contributed by atoms with van der Waals surface area (Å²) in [5.41, 5.74) is 0.897. The maximum absolute atomic E-state index is 12.2. The highest BCUT2D eigenvalue weighted by atomic mass is 16.5. The smallest absolute Gasteiger partial charge is 0.328 e. The van der Waals surface area contributed by atoms with E-state index < -0.39 is 0 Å². The van der Waals surface area contributed by atoms with Crippen LogP contribution in [0, 0.1) is 5.92 Å². The van der Waals surface area contributed by atoms with Gasteiger partial charge >= 0.3 is 5.97 Å². The van der Waals surface area contributed by atoms with Gasteiger partial charge < -0.3 is 14.8 Å². The molecule has 1 atom stereocenters. The van der Waals surface area contributed by atoms with Crippen LogP contribution < -0.4 is 10.1 Å². The third-order valence-electron chi connectivity index (χ3n) is 4.22. The van der Waals surface area contributed by atoms with Gasteiger partial charge in [-0.15, -0.1) is 0 Å². The molecular formula is C17H25NO3. The molecule has 1 unspecified atom stereocenters. The van der Waals surface area contributed by atoms with Crippen molar-refractivity contribution in [2.75, 3.05) is 19.5 Å². The average molecular weight is 291 g/mol. The zero-order chi connectivity index (χ0) is 15.1. The second-order valence-corrected chi connectivity index (χ2v) is 5.63. The fourth-order valence-corrected chi connectivity index (χ4v) is 3.03. The monoisotopic (exact) mass is 291 g/mol. The molecule has 1 N–H and O–H groups in total. The van der Waals surface area contributed by atoms with Gasteiger partial charge in [-0.2, -0.15) is 0 Å². The number of hydrogen-bond donors (Lipinski definition) is 1. The van der Waals surface area contributed by atoms with Gasteiger partial charge in [0.15, 0.2) is 0 Å². The molecule has 116 valence electrons. The van der Waals surface area contributed by atoms with Gasteiger partial charge in [-0.05, 0) is 30.9 Å². The summed E-state index contributed by atoms with van der Waals surface area (Å²) in [5.74, 6) is 0.945. The van der Waals surface area contributed by atoms with Crippen molar-refractivity contribution >= 4 is 11.7 Å². The number of rotatable bonds is 5. The van der Waals surface area contributed by atoms with Crippen molar-refractivity contribution in [3.8, 4) is 5.75 Å². The van der Waals surface area contributed by atoms with Crippen molar-refractivity contribution in [2.24, 2.45) is 5.92 Å². The van der Waals surface area contributed by atoms with Crippen LogP contribution in [0.15, 0.2) is 24.3 Å². The number of ether oxygens (including phenoxy) is 2. The topological polar surface area (TPSA) is 47.6 Å². The number of carbonyl (C=O) groups is 1. The zero-order valence-electron chi connectivity index (χ0n) is 12.9. The standard InChI is InChI=1S/C17H25NO3/c1-20-15-11-7-10-14(12-15)18-16(17(19)21-2)13-8-5-3-4-6-9-13/h7,10-13,16,18H,3-6,8-9H2,1-2H3. The van der Waals surface area contributed by atoms with Gasteiger partial charge in [0.05, 0.1) is 14.2 Å². The van der Waals surface area contributed by atoms with Crippen LogP contribution in [0.3, 0.4) is 0 Å². The van der Waals surface area contributed by atoms with E-state index in [0.29, 0.717) is 5.92 Å². The highest BCUT2D eigenvalue weighted by Crippen LogP contribution is 2.28. The Morgan fingerprint density at radius 2 is 1.90 bits per heavy atom. The minimum Gasteiger partial charge on any atom is -0.497 e. The Balaban J connectivity index is 2.13. The van der Waals surface area contributed by atoms with Crippen molar-refractivity contribution in [3.63, 3.8) is 0 Å². The maximum Gasteiger partial charge on any atom is 0.328 e. The fraction of sp³-hybridized carbons (Fsp3) is 0.588. The van der Waals surface area contributed by atoms with E-state index >= 15 is 0 Å². The molecule has 0 bridgehead atoms. The fourth-order valence-electron chi connectivity index (χ4n) is 3.03. The first-order valence-corrected chi connectivity index (χ1v) is 7.73. The van der Waals surface area contributed by atoms with Gasteiger partial charge in [-0.3, -0.25) is 0 Å². The highest BCUT2D eigenvalue weighted by molar-refractivity contribution is 5.79. The summed E-state index contributed by atoms with van der Waals surface area (Å²) in [6, 6.07) is 7.40. The number of benzene rings is 1. The Labute approximate surface area is 126 Å². The van der Waals surface area contributed by atoms with E-state index in [9.17, 15) is 4.79 Å². The van der Waals surface area contributed by atoms with Crippen LogP contribution in [-0.4, -0.2) is 26.2 Å². The van der Waals surface area contributed by atoms with Crippen LogP contribution in [0.4, 0.5) is 5.69 Å². The van der Waals surface area contributed by atoms with E-state index in [1.165, 1.54) is 32.8 Å². The highest BCUT2D eigenvalue weighted by Gasteiger charge is 2.29. The molecule has 1 saturated carbocycles. The molecule has 4 heteroatoms. The van der Waals surface area contributed by atoms with Crippen molar-refractivity contribution in [3.05, 3.63) is 24.3 Å². The minimum absolute atomic E-state index is 0.176. The van der Waals surface area contributed by atoms with Gasteiger partial charge in [-0.1, -0.05) is 31.7 Å². The molecule has 0 spiro atoms. The molecule has 21 heavy (non-hydrogen) atoms. The number of hydrogen-bond acceptors (Lipinski definition) is 4. The summed E-state index contributed by atoms with van der Waals surface area (Å²) < 4.78 is 10.2. The summed E-state index contributed by atoms with van der Waals surface area (Å²) in [6.07, 6.45) is 7.08. The maximum atomic E-state index is 12.2. The molecule has 0 heterocycles. The number of carbonyl (C=O) groups excluding carboxylic acids is 1. The summed E-state index contributed by atoms with van der Waals surface area (Å²) >= 11 is 0. The van der Waals surface area contributed by atoms with Gasteiger partial charge in [-0.25, -0.2) is 4.79 Å². The third kappa shape index (κ3) is 4.38. The Hall–Kier alpha value is -1.71. The van der Waals surface area contributed by atoms with Gasteiger partial charge in [0.1, 0.15) is 11.8 Å². The van der Waals surface area contributed by atoms with Crippen molar-refractivity contribution < 1.29 is 14.3 Å². The Morgan fingerprint density at radius 1 is 1.19 bits per heavy atom. The van der Waals surface area contributed by atoms with Gasteiger partial charge in [0.25, 0.3) is 0 Å². The van der Waals surface area contributed by atoms with E-state index in [0.717, 1.165) is 24.3 Å². The summed E-state index contributed by atoms with van der Waals surface area (Å²) in [5, 5.41) is 3.35. The molecule has 1 aromatic carbocycles. The third-order valence-corrected chi connectivity index (χ3v) is 4.22. The van der Waals surface area contributed by atoms with Crippen molar-refractivity contribution in [1.82, 2.24) is 0 Å². The van der Waals surface area contributed by atoms with E-state index in [1.54, 1.807) is 7.11 Å². The molecule has 0 amide bonds. The molecule has 4 nitrogen and oxygen atoms in total. The lowest BCUT2D eigenvalue weighted by molar-refractivity contribution is -0.142. The van der Waals surface area contributed by atoms with Crippen LogP contribution in [0.25, 0.3) is 0 Å². The molecule has 0 radical (unpaired) electrons. The van der Waals surface area contributed by atoms with E-state index in [2.05, 4.69) is 5.32 Å². The predicted octanol–water partition coefficient (Wildman–Crippen LogP) is 3.62. The Morgan fingerprint density at radius 3 is 2.52 bits per heavy atom. The largest absolute Gasteiger partial charge is 0.497 e. The van der Waals surface area contributed by atoms with E-state index in [-0.39, 0.29) is 12.0 Å². The number of nitrogens with one attached hydrogen (secondary N) is 1. The number of anilines is 1. The van der Waals surface area contributed by atoms with Gasteiger partial charge in [0, 0.05) is 11.8 Å². The normalized spacial score (nSPS) is 17.6. The Bertz CT molecular complexity index is 453. The lowest BCUT2D eigenvalue weighted by Gasteiger charge is -2.26. The lowest BCUT2D eigenvalue weighted by Crippen LogP contribution is -2.37. The first-order chi connectivity index (χ1) is 10.2. The zero-order valence-corrected chi connectivity index (χ0v) is 12.9. The molecule has 2 rings (SSSR count). The van der Waals surface area contributed by atoms with Crippen LogP contribution in [0.2, 0.25) is 0 Å². The average Bonchev–Trinajstić information content (AvgIpc) is 2.81. The summed E-state index contributed by atoms with van der Waals surface area (Å²) in [4.78, 5) is 12.2. The molecule has 1 aliphatic rings. The molecule has 1 fully saturated rings. The summed E-state index contributed by atoms with van der Waals surface area (Å²) in [6.45, 7) is 0. The van der Waals surface area contributed by atoms with Crippen LogP contribution >= 0.6 is 0 Å². The van der Waals surface area contributed by atoms with Crippen molar-refractivity contribution in [2.45, 2.75) is 44.6 Å². The number of methoxy groups -OCH3 is 2. The SMILES string of the molecule is COC(=O)C(Nc1cccc(OC)c1)C1CCCCCC1. The van der Waals surface area contributed by atoms with Gasteiger partial charge in [0.2, 0.25) is 0 Å². The van der Waals surface area contributed by atoms with E-state index in [1.807, 2.05) is 24.3 Å². The van der Waals surface area contributed by atoms with Crippen LogP contribution in [0.5, 0.6) is 5.75 Å². The molecule has 0 aliphatic heterocycles. The first kappa shape index (κ1) is 15.7. The molecule has 1 aromatic rings. The van der Waals surface area contributed by atoms with E-state index in [4.69, 9.17) is 9.47 Å². The quantitative estimate of drug-likeness (QED) is 0.665. The predicted molar refractivity (Wildman–Crippen MR) is 83.6 cm³/mol. The van der Waals surface area contributed by atoms with Crippen molar-refractivity contribution in [1.29, 1.82) is 0 Å².